The van der Waals surface area contributed by atoms with Crippen LogP contribution in [0.1, 0.15) is 22.8 Å². The van der Waals surface area contributed by atoms with Crippen LogP contribution in [0.4, 0.5) is 0 Å². The highest BCUT2D eigenvalue weighted by Crippen LogP contribution is 2.11. The summed E-state index contributed by atoms with van der Waals surface area (Å²) in [5, 5.41) is 3.14. The number of methoxy groups -OCH3 is 1. The van der Waals surface area contributed by atoms with Crippen molar-refractivity contribution in [3.63, 3.8) is 0 Å². The molecule has 1 N–H and O–H groups in total. The van der Waals surface area contributed by atoms with Crippen molar-refractivity contribution in [2.75, 3.05) is 27.3 Å². The van der Waals surface area contributed by atoms with E-state index in [4.69, 9.17) is 4.74 Å². The quantitative estimate of drug-likeness (QED) is 0.783. The molecule has 0 amide bonds. The van der Waals surface area contributed by atoms with Gasteiger partial charge in [-0.05, 0) is 39.4 Å². The second-order valence-electron chi connectivity index (χ2n) is 3.89. The van der Waals surface area contributed by atoms with Crippen molar-refractivity contribution in [1.29, 1.82) is 0 Å². The van der Waals surface area contributed by atoms with E-state index in [1.807, 2.05) is 7.05 Å². The average molecular weight is 223 g/mol. The van der Waals surface area contributed by atoms with E-state index >= 15 is 0 Å². The molecule has 0 saturated carbocycles. The Bertz CT molecular complexity index is 316. The van der Waals surface area contributed by atoms with Gasteiger partial charge in [-0.2, -0.15) is 0 Å². The summed E-state index contributed by atoms with van der Waals surface area (Å²) in [5.74, 6) is 0.880. The van der Waals surface area contributed by atoms with Gasteiger partial charge in [-0.25, -0.2) is 9.97 Å². The van der Waals surface area contributed by atoms with Gasteiger partial charge in [-0.15, -0.1) is 0 Å². The third-order valence-corrected chi connectivity index (χ3v) is 2.62. The van der Waals surface area contributed by atoms with Crippen LogP contribution in [0.25, 0.3) is 0 Å². The van der Waals surface area contributed by atoms with Crippen molar-refractivity contribution >= 4 is 0 Å². The molecule has 4 heteroatoms. The van der Waals surface area contributed by atoms with Gasteiger partial charge < -0.3 is 10.1 Å². The summed E-state index contributed by atoms with van der Waals surface area (Å²) in [4.78, 5) is 9.01. The number of nitrogens with one attached hydrogen (secondary N) is 1. The van der Waals surface area contributed by atoms with Crippen LogP contribution < -0.4 is 5.32 Å². The highest BCUT2D eigenvalue weighted by molar-refractivity contribution is 5.24. The zero-order valence-electron chi connectivity index (χ0n) is 10.6. The molecule has 0 saturated heterocycles. The second-order valence-corrected chi connectivity index (χ2v) is 3.89. The third-order valence-electron chi connectivity index (χ3n) is 2.62. The number of ether oxygens (including phenoxy) is 1. The third kappa shape index (κ3) is 3.54. The van der Waals surface area contributed by atoms with Gasteiger partial charge in [-0.1, -0.05) is 0 Å². The van der Waals surface area contributed by atoms with Crippen molar-refractivity contribution in [2.24, 2.45) is 0 Å². The molecule has 0 aromatic carbocycles. The SMILES string of the molecule is CNCCc1c(C)nc(CCOC)nc1C. The fourth-order valence-electron chi connectivity index (χ4n) is 1.73. The fraction of sp³-hybridized carbons (Fsp3) is 0.667. The summed E-state index contributed by atoms with van der Waals surface area (Å²) in [6, 6.07) is 0. The zero-order valence-corrected chi connectivity index (χ0v) is 10.6. The maximum Gasteiger partial charge on any atom is 0.131 e. The van der Waals surface area contributed by atoms with E-state index in [2.05, 4.69) is 29.1 Å². The van der Waals surface area contributed by atoms with Crippen LogP contribution in [-0.4, -0.2) is 37.3 Å². The molecule has 0 aliphatic rings. The minimum absolute atomic E-state index is 0.675. The van der Waals surface area contributed by atoms with E-state index < -0.39 is 0 Å². The Morgan fingerprint density at radius 2 is 1.75 bits per heavy atom. The number of likely N-dealkylation sites (N-methyl/N-ethyl adjacent to an activating group) is 1. The number of aryl methyl sites for hydroxylation is 2. The van der Waals surface area contributed by atoms with Gasteiger partial charge in [0.25, 0.3) is 0 Å². The lowest BCUT2D eigenvalue weighted by molar-refractivity contribution is 0.200. The van der Waals surface area contributed by atoms with Gasteiger partial charge >= 0.3 is 0 Å². The van der Waals surface area contributed by atoms with Gasteiger partial charge in [0.05, 0.1) is 6.61 Å². The first-order valence-corrected chi connectivity index (χ1v) is 5.65. The van der Waals surface area contributed by atoms with E-state index in [1.165, 1.54) is 5.56 Å². The normalized spacial score (nSPS) is 10.8. The molecular weight excluding hydrogens is 202 g/mol. The first kappa shape index (κ1) is 13.1. The monoisotopic (exact) mass is 223 g/mol. The molecule has 0 bridgehead atoms. The summed E-state index contributed by atoms with van der Waals surface area (Å²) in [6.07, 6.45) is 1.77. The number of aromatic nitrogens is 2. The summed E-state index contributed by atoms with van der Waals surface area (Å²) in [7, 11) is 3.65. The first-order chi connectivity index (χ1) is 7.69. The number of rotatable bonds is 6. The van der Waals surface area contributed by atoms with E-state index in [0.717, 1.165) is 36.6 Å². The molecule has 0 atom stereocenters. The Balaban J connectivity index is 2.80. The summed E-state index contributed by atoms with van der Waals surface area (Å²) < 4.78 is 5.03. The van der Waals surface area contributed by atoms with Gasteiger partial charge in [0.1, 0.15) is 5.82 Å². The molecule has 16 heavy (non-hydrogen) atoms. The molecule has 0 aliphatic heterocycles. The van der Waals surface area contributed by atoms with Gasteiger partial charge in [0.2, 0.25) is 0 Å². The van der Waals surface area contributed by atoms with Crippen molar-refractivity contribution in [2.45, 2.75) is 26.7 Å². The minimum Gasteiger partial charge on any atom is -0.384 e. The van der Waals surface area contributed by atoms with Crippen LogP contribution in [0.2, 0.25) is 0 Å². The summed E-state index contributed by atoms with van der Waals surface area (Å²) in [5.41, 5.74) is 3.44. The molecule has 90 valence electrons. The zero-order chi connectivity index (χ0) is 12.0. The second kappa shape index (κ2) is 6.55. The molecule has 0 fully saturated rings. The van der Waals surface area contributed by atoms with Crippen LogP contribution in [0, 0.1) is 13.8 Å². The number of hydrogen-bond donors (Lipinski definition) is 1. The predicted molar refractivity (Wildman–Crippen MR) is 64.7 cm³/mol. The molecule has 4 nitrogen and oxygen atoms in total. The lowest BCUT2D eigenvalue weighted by atomic mass is 10.1. The molecule has 1 rings (SSSR count). The van der Waals surface area contributed by atoms with E-state index in [0.29, 0.717) is 6.61 Å². The van der Waals surface area contributed by atoms with E-state index in [9.17, 15) is 0 Å². The van der Waals surface area contributed by atoms with E-state index in [-0.39, 0.29) is 0 Å². The first-order valence-electron chi connectivity index (χ1n) is 5.65. The average Bonchev–Trinajstić information content (AvgIpc) is 2.25. The van der Waals surface area contributed by atoms with Crippen LogP contribution >= 0.6 is 0 Å². The molecular formula is C12H21N3O. The van der Waals surface area contributed by atoms with Crippen molar-refractivity contribution < 1.29 is 4.74 Å². The molecule has 0 radical (unpaired) electrons. The van der Waals surface area contributed by atoms with Crippen LogP contribution in [0.5, 0.6) is 0 Å². The summed E-state index contributed by atoms with van der Waals surface area (Å²) in [6.45, 7) is 5.74. The topological polar surface area (TPSA) is 47.0 Å². The van der Waals surface area contributed by atoms with Crippen LogP contribution in [0.15, 0.2) is 0 Å². The molecule has 1 heterocycles. The highest BCUT2D eigenvalue weighted by Gasteiger charge is 2.07. The lowest BCUT2D eigenvalue weighted by Crippen LogP contribution is -2.14. The smallest absolute Gasteiger partial charge is 0.131 e. The van der Waals surface area contributed by atoms with Gasteiger partial charge in [0, 0.05) is 24.9 Å². The molecule has 0 spiro atoms. The molecule has 0 aliphatic carbocycles. The van der Waals surface area contributed by atoms with Crippen LogP contribution in [-0.2, 0) is 17.6 Å². The summed E-state index contributed by atoms with van der Waals surface area (Å²) >= 11 is 0. The predicted octanol–water partition coefficient (Wildman–Crippen LogP) is 1.04. The van der Waals surface area contributed by atoms with Crippen molar-refractivity contribution in [3.8, 4) is 0 Å². The van der Waals surface area contributed by atoms with Gasteiger partial charge in [-0.3, -0.25) is 0 Å². The Labute approximate surface area is 97.5 Å². The Hall–Kier alpha value is -1.00. The molecule has 0 unspecified atom stereocenters. The largest absolute Gasteiger partial charge is 0.384 e. The highest BCUT2D eigenvalue weighted by atomic mass is 16.5. The molecule has 1 aromatic rings. The number of hydrogen-bond acceptors (Lipinski definition) is 4. The number of nitrogens with zero attached hydrogens (tertiary/aromatic N) is 2. The van der Waals surface area contributed by atoms with Crippen molar-refractivity contribution in [1.82, 2.24) is 15.3 Å². The van der Waals surface area contributed by atoms with Crippen molar-refractivity contribution in [3.05, 3.63) is 22.8 Å². The Kier molecular flexibility index (Phi) is 5.35. The van der Waals surface area contributed by atoms with E-state index in [1.54, 1.807) is 7.11 Å². The maximum atomic E-state index is 5.03. The maximum absolute atomic E-state index is 5.03. The minimum atomic E-state index is 0.675. The Morgan fingerprint density at radius 1 is 1.12 bits per heavy atom. The fourth-order valence-corrected chi connectivity index (χ4v) is 1.73. The van der Waals surface area contributed by atoms with Gasteiger partial charge in [0.15, 0.2) is 0 Å². The standard InChI is InChI=1S/C12H21N3O/c1-9-11(5-7-13-3)10(2)15-12(14-9)6-8-16-4/h13H,5-8H2,1-4H3. The molecule has 1 aromatic heterocycles. The van der Waals surface area contributed by atoms with Crippen LogP contribution in [0.3, 0.4) is 0 Å². The lowest BCUT2D eigenvalue weighted by Gasteiger charge is -2.10. The Morgan fingerprint density at radius 3 is 2.25 bits per heavy atom.